The Morgan fingerprint density at radius 3 is 2.48 bits per heavy atom. The van der Waals surface area contributed by atoms with Gasteiger partial charge in [-0.1, -0.05) is 0 Å². The zero-order valence-electron chi connectivity index (χ0n) is 14.4. The third-order valence-corrected chi connectivity index (χ3v) is 4.19. The number of aromatic nitrogens is 2. The molecule has 3 rings (SSSR count). The van der Waals surface area contributed by atoms with Crippen molar-refractivity contribution in [2.24, 2.45) is 0 Å². The van der Waals surface area contributed by atoms with Crippen LogP contribution in [-0.4, -0.2) is 9.78 Å². The molecule has 4 nitrogen and oxygen atoms in total. The molecule has 5 heteroatoms. The predicted molar refractivity (Wildman–Crippen MR) is 93.2 cm³/mol. The van der Waals surface area contributed by atoms with Crippen molar-refractivity contribution in [3.63, 3.8) is 0 Å². The fourth-order valence-corrected chi connectivity index (χ4v) is 2.74. The summed E-state index contributed by atoms with van der Waals surface area (Å²) < 4.78 is 20.9. The SMILES string of the molecule is Cc1cc(F)ccc1OCc1c(C)nn(-c2ccc(C#N)cc2)c1C. The van der Waals surface area contributed by atoms with Crippen LogP contribution in [0.4, 0.5) is 4.39 Å². The van der Waals surface area contributed by atoms with Gasteiger partial charge in [0.25, 0.3) is 0 Å². The van der Waals surface area contributed by atoms with Gasteiger partial charge in [0.15, 0.2) is 0 Å². The average Bonchev–Trinajstić information content (AvgIpc) is 2.89. The van der Waals surface area contributed by atoms with Crippen LogP contribution in [0.15, 0.2) is 42.5 Å². The highest BCUT2D eigenvalue weighted by molar-refractivity contribution is 5.42. The summed E-state index contributed by atoms with van der Waals surface area (Å²) in [6, 6.07) is 13.9. The predicted octanol–water partition coefficient (Wildman–Crippen LogP) is 4.39. The molecule has 0 fully saturated rings. The molecule has 0 amide bonds. The maximum atomic E-state index is 13.2. The monoisotopic (exact) mass is 335 g/mol. The Morgan fingerprint density at radius 2 is 1.84 bits per heavy atom. The lowest BCUT2D eigenvalue weighted by atomic mass is 10.2. The minimum absolute atomic E-state index is 0.272. The normalized spacial score (nSPS) is 10.5. The number of nitriles is 1. The standard InChI is InChI=1S/C20H18FN3O/c1-13-10-17(21)6-9-20(13)25-12-19-14(2)23-24(15(19)3)18-7-4-16(11-22)5-8-18/h4-10H,12H2,1-3H3. The van der Waals surface area contributed by atoms with Gasteiger partial charge in [-0.2, -0.15) is 10.4 Å². The van der Waals surface area contributed by atoms with Gasteiger partial charge in [0.05, 0.1) is 23.0 Å². The third-order valence-electron chi connectivity index (χ3n) is 4.19. The molecule has 0 saturated carbocycles. The van der Waals surface area contributed by atoms with Gasteiger partial charge in [0.2, 0.25) is 0 Å². The van der Waals surface area contributed by atoms with Crippen molar-refractivity contribution in [2.45, 2.75) is 27.4 Å². The Balaban J connectivity index is 1.85. The topological polar surface area (TPSA) is 50.8 Å². The quantitative estimate of drug-likeness (QED) is 0.710. The molecule has 1 heterocycles. The van der Waals surface area contributed by atoms with Crippen molar-refractivity contribution in [2.75, 3.05) is 0 Å². The lowest BCUT2D eigenvalue weighted by Crippen LogP contribution is -2.02. The summed E-state index contributed by atoms with van der Waals surface area (Å²) in [4.78, 5) is 0. The van der Waals surface area contributed by atoms with Gasteiger partial charge in [-0.15, -0.1) is 0 Å². The smallest absolute Gasteiger partial charge is 0.123 e. The molecule has 0 radical (unpaired) electrons. The van der Waals surface area contributed by atoms with Gasteiger partial charge in [-0.05, 0) is 68.8 Å². The van der Waals surface area contributed by atoms with E-state index >= 15 is 0 Å². The molecule has 126 valence electrons. The van der Waals surface area contributed by atoms with Crippen LogP contribution in [0.3, 0.4) is 0 Å². The maximum absolute atomic E-state index is 13.2. The molecule has 0 aliphatic rings. The number of benzene rings is 2. The van der Waals surface area contributed by atoms with Gasteiger partial charge in [0.1, 0.15) is 18.2 Å². The molecule has 3 aromatic rings. The van der Waals surface area contributed by atoms with Crippen LogP contribution >= 0.6 is 0 Å². The Bertz CT molecular complexity index is 952. The van der Waals surface area contributed by atoms with Crippen LogP contribution in [-0.2, 0) is 6.61 Å². The van der Waals surface area contributed by atoms with Crippen molar-refractivity contribution < 1.29 is 9.13 Å². The van der Waals surface area contributed by atoms with Crippen LogP contribution < -0.4 is 4.74 Å². The van der Waals surface area contributed by atoms with Crippen molar-refractivity contribution >= 4 is 0 Å². The molecular weight excluding hydrogens is 317 g/mol. The zero-order valence-corrected chi connectivity index (χ0v) is 14.4. The molecule has 0 aliphatic carbocycles. The summed E-state index contributed by atoms with van der Waals surface area (Å²) in [5.41, 5.74) is 5.11. The first kappa shape index (κ1) is 16.7. The molecule has 0 spiro atoms. The van der Waals surface area contributed by atoms with Crippen LogP contribution in [0.5, 0.6) is 5.75 Å². The largest absolute Gasteiger partial charge is 0.488 e. The number of halogens is 1. The summed E-state index contributed by atoms with van der Waals surface area (Å²) in [7, 11) is 0. The first-order valence-electron chi connectivity index (χ1n) is 7.94. The van der Waals surface area contributed by atoms with E-state index in [2.05, 4.69) is 11.2 Å². The second-order valence-corrected chi connectivity index (χ2v) is 5.92. The Kier molecular flexibility index (Phi) is 4.53. The number of ether oxygens (including phenoxy) is 1. The summed E-state index contributed by atoms with van der Waals surface area (Å²) in [5, 5.41) is 13.5. The second kappa shape index (κ2) is 6.78. The number of nitrogens with zero attached hydrogens (tertiary/aromatic N) is 3. The fraction of sp³-hybridized carbons (Fsp3) is 0.200. The van der Waals surface area contributed by atoms with Crippen molar-refractivity contribution in [1.82, 2.24) is 9.78 Å². The average molecular weight is 335 g/mol. The highest BCUT2D eigenvalue weighted by Crippen LogP contribution is 2.23. The van der Waals surface area contributed by atoms with Gasteiger partial charge >= 0.3 is 0 Å². The second-order valence-electron chi connectivity index (χ2n) is 5.92. The summed E-state index contributed by atoms with van der Waals surface area (Å²) in [5.74, 6) is 0.386. The van der Waals surface area contributed by atoms with E-state index in [-0.39, 0.29) is 5.82 Å². The highest BCUT2D eigenvalue weighted by atomic mass is 19.1. The first-order chi connectivity index (χ1) is 12.0. The van der Waals surface area contributed by atoms with Crippen LogP contribution in [0.2, 0.25) is 0 Å². The van der Waals surface area contributed by atoms with Crippen LogP contribution in [0.1, 0.15) is 28.1 Å². The van der Waals surface area contributed by atoms with E-state index in [9.17, 15) is 4.39 Å². The number of aryl methyl sites for hydroxylation is 2. The lowest BCUT2D eigenvalue weighted by molar-refractivity contribution is 0.302. The molecule has 2 aromatic carbocycles. The van der Waals surface area contributed by atoms with Gasteiger partial charge in [0, 0.05) is 11.3 Å². The summed E-state index contributed by atoms with van der Waals surface area (Å²) in [6.45, 7) is 6.09. The minimum Gasteiger partial charge on any atom is -0.488 e. The third kappa shape index (κ3) is 3.38. The number of rotatable bonds is 4. The van der Waals surface area contributed by atoms with Crippen molar-refractivity contribution in [1.29, 1.82) is 5.26 Å². The van der Waals surface area contributed by atoms with E-state index in [0.29, 0.717) is 17.9 Å². The maximum Gasteiger partial charge on any atom is 0.123 e. The van der Waals surface area contributed by atoms with Gasteiger partial charge in [-0.3, -0.25) is 0 Å². The lowest BCUT2D eigenvalue weighted by Gasteiger charge is -2.10. The molecule has 0 N–H and O–H groups in total. The Morgan fingerprint density at radius 1 is 1.12 bits per heavy atom. The van der Waals surface area contributed by atoms with Crippen LogP contribution in [0.25, 0.3) is 5.69 Å². The van der Waals surface area contributed by atoms with E-state index in [4.69, 9.17) is 10.00 Å². The van der Waals surface area contributed by atoms with Crippen molar-refractivity contribution in [3.05, 3.63) is 76.4 Å². The molecule has 1 aromatic heterocycles. The van der Waals surface area contributed by atoms with E-state index in [1.807, 2.05) is 37.6 Å². The molecule has 0 aliphatic heterocycles. The zero-order chi connectivity index (χ0) is 18.0. The Labute approximate surface area is 146 Å². The summed E-state index contributed by atoms with van der Waals surface area (Å²) in [6.07, 6.45) is 0. The van der Waals surface area contributed by atoms with Gasteiger partial charge in [-0.25, -0.2) is 9.07 Å². The summed E-state index contributed by atoms with van der Waals surface area (Å²) >= 11 is 0. The molecular formula is C20H18FN3O. The number of hydrogen-bond acceptors (Lipinski definition) is 3. The molecule has 0 unspecified atom stereocenters. The van der Waals surface area contributed by atoms with E-state index < -0.39 is 0 Å². The van der Waals surface area contributed by atoms with Crippen LogP contribution in [0, 0.1) is 37.9 Å². The highest BCUT2D eigenvalue weighted by Gasteiger charge is 2.14. The first-order valence-corrected chi connectivity index (χ1v) is 7.94. The molecule has 0 atom stereocenters. The van der Waals surface area contributed by atoms with E-state index in [0.717, 1.165) is 28.2 Å². The molecule has 25 heavy (non-hydrogen) atoms. The fourth-order valence-electron chi connectivity index (χ4n) is 2.74. The Hall–Kier alpha value is -3.13. The number of hydrogen-bond donors (Lipinski definition) is 0. The minimum atomic E-state index is -0.272. The van der Waals surface area contributed by atoms with Gasteiger partial charge < -0.3 is 4.74 Å². The van der Waals surface area contributed by atoms with E-state index in [1.54, 1.807) is 18.2 Å². The molecule has 0 saturated heterocycles. The van der Waals surface area contributed by atoms with Crippen molar-refractivity contribution in [3.8, 4) is 17.5 Å². The van der Waals surface area contributed by atoms with E-state index in [1.165, 1.54) is 12.1 Å². The molecule has 0 bridgehead atoms.